The van der Waals surface area contributed by atoms with Gasteiger partial charge < -0.3 is 4.79 Å². The molecule has 1 rings (SSSR count). The van der Waals surface area contributed by atoms with Gasteiger partial charge in [0.1, 0.15) is 6.29 Å². The van der Waals surface area contributed by atoms with Gasteiger partial charge in [-0.1, -0.05) is 18.1 Å². The van der Waals surface area contributed by atoms with Crippen molar-refractivity contribution in [3.05, 3.63) is 11.6 Å². The minimum Gasteiger partial charge on any atom is -0.303 e. The molecule has 0 N–H and O–H groups in total. The third-order valence-corrected chi connectivity index (χ3v) is 1.98. The maximum atomic E-state index is 10.1. The van der Waals surface area contributed by atoms with Crippen LogP contribution in [0.15, 0.2) is 11.6 Å². The summed E-state index contributed by atoms with van der Waals surface area (Å²) in [6, 6.07) is 0. The largest absolute Gasteiger partial charge is 0.303 e. The summed E-state index contributed by atoms with van der Waals surface area (Å²) in [6.45, 7) is 0. The molecule has 0 radical (unpaired) electrons. The van der Waals surface area contributed by atoms with E-state index in [0.717, 1.165) is 12.7 Å². The van der Waals surface area contributed by atoms with Gasteiger partial charge in [0.15, 0.2) is 0 Å². The smallest absolute Gasteiger partial charge is 0.124 e. The molecule has 1 heteroatoms. The van der Waals surface area contributed by atoms with Crippen LogP contribution in [-0.4, -0.2) is 6.29 Å². The molecule has 0 fully saturated rings. The Bertz CT molecular complexity index is 136. The fraction of sp³-hybridized carbons (Fsp3) is 0.667. The maximum Gasteiger partial charge on any atom is 0.124 e. The SMILES string of the molecule is O=CCC1=CCCCCC1. The summed E-state index contributed by atoms with van der Waals surface area (Å²) in [5, 5.41) is 0. The molecule has 56 valence electrons. The first kappa shape index (κ1) is 7.52. The van der Waals surface area contributed by atoms with Gasteiger partial charge in [-0.05, 0) is 25.7 Å². The van der Waals surface area contributed by atoms with Crippen LogP contribution < -0.4 is 0 Å². The summed E-state index contributed by atoms with van der Waals surface area (Å²) < 4.78 is 0. The van der Waals surface area contributed by atoms with Crippen LogP contribution in [0.5, 0.6) is 0 Å². The molecule has 0 saturated carbocycles. The van der Waals surface area contributed by atoms with Gasteiger partial charge in [0.25, 0.3) is 0 Å². The average Bonchev–Trinajstić information content (AvgIpc) is 2.17. The van der Waals surface area contributed by atoms with Crippen molar-refractivity contribution in [3.63, 3.8) is 0 Å². The first-order chi connectivity index (χ1) is 4.93. The molecular formula is C9H14O. The summed E-state index contributed by atoms with van der Waals surface area (Å²) >= 11 is 0. The number of allylic oxidation sites excluding steroid dienone is 2. The number of carbonyl (C=O) groups is 1. The zero-order valence-corrected chi connectivity index (χ0v) is 6.31. The molecule has 10 heavy (non-hydrogen) atoms. The van der Waals surface area contributed by atoms with Crippen molar-refractivity contribution in [3.8, 4) is 0 Å². The van der Waals surface area contributed by atoms with Crippen molar-refractivity contribution >= 4 is 6.29 Å². The molecule has 0 aliphatic heterocycles. The van der Waals surface area contributed by atoms with E-state index in [0.29, 0.717) is 6.42 Å². The number of hydrogen-bond donors (Lipinski definition) is 0. The summed E-state index contributed by atoms with van der Waals surface area (Å²) in [5.41, 5.74) is 1.35. The van der Waals surface area contributed by atoms with E-state index in [9.17, 15) is 4.79 Å². The molecule has 0 atom stereocenters. The predicted octanol–water partition coefficient (Wildman–Crippen LogP) is 2.47. The molecular weight excluding hydrogens is 124 g/mol. The number of aldehydes is 1. The highest BCUT2D eigenvalue weighted by molar-refractivity contribution is 5.54. The molecule has 0 aromatic carbocycles. The van der Waals surface area contributed by atoms with Gasteiger partial charge in [0, 0.05) is 6.42 Å². The zero-order chi connectivity index (χ0) is 7.23. The van der Waals surface area contributed by atoms with Gasteiger partial charge in [-0.2, -0.15) is 0 Å². The van der Waals surface area contributed by atoms with Crippen LogP contribution in [0.25, 0.3) is 0 Å². The first-order valence-electron chi connectivity index (χ1n) is 4.05. The standard InChI is InChI=1S/C9H14O/c10-8-7-9-5-3-1-2-4-6-9/h5,8H,1-4,6-7H2. The van der Waals surface area contributed by atoms with Crippen molar-refractivity contribution in [1.82, 2.24) is 0 Å². The Hall–Kier alpha value is -0.590. The van der Waals surface area contributed by atoms with Crippen molar-refractivity contribution in [2.24, 2.45) is 0 Å². The molecule has 0 aromatic rings. The molecule has 1 aliphatic rings. The lowest BCUT2D eigenvalue weighted by Gasteiger charge is -1.96. The molecule has 0 heterocycles. The average molecular weight is 138 g/mol. The summed E-state index contributed by atoms with van der Waals surface area (Å²) in [7, 11) is 0. The minimum absolute atomic E-state index is 0.667. The van der Waals surface area contributed by atoms with Gasteiger partial charge in [-0.25, -0.2) is 0 Å². The van der Waals surface area contributed by atoms with E-state index in [1.807, 2.05) is 0 Å². The van der Waals surface area contributed by atoms with Gasteiger partial charge in [0.05, 0.1) is 0 Å². The Balaban J connectivity index is 2.38. The van der Waals surface area contributed by atoms with Crippen LogP contribution in [0.2, 0.25) is 0 Å². The zero-order valence-electron chi connectivity index (χ0n) is 6.31. The first-order valence-corrected chi connectivity index (χ1v) is 4.05. The summed E-state index contributed by atoms with van der Waals surface area (Å²) in [6.07, 6.45) is 10.2. The predicted molar refractivity (Wildman–Crippen MR) is 41.8 cm³/mol. The van der Waals surface area contributed by atoms with Crippen LogP contribution in [0, 0.1) is 0 Å². The van der Waals surface area contributed by atoms with E-state index in [2.05, 4.69) is 6.08 Å². The van der Waals surface area contributed by atoms with Crippen molar-refractivity contribution in [2.75, 3.05) is 0 Å². The third kappa shape index (κ3) is 2.34. The second kappa shape index (κ2) is 4.26. The van der Waals surface area contributed by atoms with Crippen LogP contribution >= 0.6 is 0 Å². The molecule has 0 aromatic heterocycles. The van der Waals surface area contributed by atoms with Gasteiger partial charge >= 0.3 is 0 Å². The fourth-order valence-electron chi connectivity index (χ4n) is 1.37. The third-order valence-electron chi connectivity index (χ3n) is 1.98. The highest BCUT2D eigenvalue weighted by Gasteiger charge is 2.00. The second-order valence-electron chi connectivity index (χ2n) is 2.83. The van der Waals surface area contributed by atoms with Crippen LogP contribution in [0.3, 0.4) is 0 Å². The Kier molecular flexibility index (Phi) is 3.20. The van der Waals surface area contributed by atoms with Crippen LogP contribution in [0.1, 0.15) is 38.5 Å². The summed E-state index contributed by atoms with van der Waals surface area (Å²) in [5.74, 6) is 0. The fourth-order valence-corrected chi connectivity index (χ4v) is 1.37. The number of carbonyl (C=O) groups excluding carboxylic acids is 1. The lowest BCUT2D eigenvalue weighted by Crippen LogP contribution is -1.82. The van der Waals surface area contributed by atoms with E-state index in [1.165, 1.54) is 31.3 Å². The van der Waals surface area contributed by atoms with Crippen molar-refractivity contribution in [2.45, 2.75) is 38.5 Å². The van der Waals surface area contributed by atoms with E-state index in [4.69, 9.17) is 0 Å². The minimum atomic E-state index is 0.667. The molecule has 0 bridgehead atoms. The van der Waals surface area contributed by atoms with Crippen molar-refractivity contribution in [1.29, 1.82) is 0 Å². The topological polar surface area (TPSA) is 17.1 Å². The molecule has 0 saturated heterocycles. The van der Waals surface area contributed by atoms with Gasteiger partial charge in [-0.15, -0.1) is 0 Å². The lowest BCUT2D eigenvalue weighted by molar-refractivity contribution is -0.107. The molecule has 0 amide bonds. The molecule has 1 aliphatic carbocycles. The normalized spacial score (nSPS) is 19.4. The molecule has 0 spiro atoms. The second-order valence-corrected chi connectivity index (χ2v) is 2.83. The molecule has 0 unspecified atom stereocenters. The highest BCUT2D eigenvalue weighted by Crippen LogP contribution is 2.18. The Morgan fingerprint density at radius 3 is 3.10 bits per heavy atom. The Morgan fingerprint density at radius 2 is 2.30 bits per heavy atom. The van der Waals surface area contributed by atoms with Gasteiger partial charge in [0.2, 0.25) is 0 Å². The highest BCUT2D eigenvalue weighted by atomic mass is 16.1. The van der Waals surface area contributed by atoms with E-state index in [-0.39, 0.29) is 0 Å². The van der Waals surface area contributed by atoms with Crippen LogP contribution in [0.4, 0.5) is 0 Å². The lowest BCUT2D eigenvalue weighted by atomic mass is 10.1. The Morgan fingerprint density at radius 1 is 1.40 bits per heavy atom. The van der Waals surface area contributed by atoms with E-state index >= 15 is 0 Å². The van der Waals surface area contributed by atoms with E-state index < -0.39 is 0 Å². The van der Waals surface area contributed by atoms with Gasteiger partial charge in [-0.3, -0.25) is 0 Å². The molecule has 1 nitrogen and oxygen atoms in total. The van der Waals surface area contributed by atoms with E-state index in [1.54, 1.807) is 0 Å². The number of rotatable bonds is 2. The quantitative estimate of drug-likeness (QED) is 0.423. The maximum absolute atomic E-state index is 10.1. The monoisotopic (exact) mass is 138 g/mol. The summed E-state index contributed by atoms with van der Waals surface area (Å²) in [4.78, 5) is 10.1. The van der Waals surface area contributed by atoms with Crippen LogP contribution in [-0.2, 0) is 4.79 Å². The van der Waals surface area contributed by atoms with Crippen molar-refractivity contribution < 1.29 is 4.79 Å². The Labute approximate surface area is 62.1 Å². The number of hydrogen-bond acceptors (Lipinski definition) is 1.